The van der Waals surface area contributed by atoms with Crippen molar-refractivity contribution in [1.82, 2.24) is 4.90 Å². The van der Waals surface area contributed by atoms with Crippen molar-refractivity contribution in [2.75, 3.05) is 20.2 Å². The van der Waals surface area contributed by atoms with Crippen LogP contribution in [0.2, 0.25) is 0 Å². The maximum atomic E-state index is 5.86. The van der Waals surface area contributed by atoms with E-state index in [1.807, 2.05) is 0 Å². The Hall–Kier alpha value is -0.0800. The predicted molar refractivity (Wildman–Crippen MR) is 58.4 cm³/mol. The summed E-state index contributed by atoms with van der Waals surface area (Å²) in [6.07, 6.45) is 5.93. The second-order valence-electron chi connectivity index (χ2n) is 5.26. The Morgan fingerprint density at radius 1 is 1.43 bits per heavy atom. The Balaban J connectivity index is 2.02. The first-order valence-corrected chi connectivity index (χ1v) is 5.98. The zero-order valence-corrected chi connectivity index (χ0v) is 9.75. The van der Waals surface area contributed by atoms with Crippen molar-refractivity contribution in [2.24, 2.45) is 5.92 Å². The number of nitrogens with zero attached hydrogens (tertiary/aromatic N) is 1. The minimum Gasteiger partial charge on any atom is -0.377 e. The van der Waals surface area contributed by atoms with E-state index in [0.717, 1.165) is 12.5 Å². The molecule has 0 radical (unpaired) electrons. The molecule has 2 rings (SSSR count). The van der Waals surface area contributed by atoms with Crippen molar-refractivity contribution < 1.29 is 4.74 Å². The molecule has 1 saturated carbocycles. The summed E-state index contributed by atoms with van der Waals surface area (Å²) in [6.45, 7) is 6.49. The van der Waals surface area contributed by atoms with Crippen LogP contribution in [0.4, 0.5) is 0 Å². The monoisotopic (exact) mass is 197 g/mol. The molecule has 2 heteroatoms. The number of hydrogen-bond donors (Lipinski definition) is 0. The van der Waals surface area contributed by atoms with Gasteiger partial charge in [0.15, 0.2) is 0 Å². The van der Waals surface area contributed by atoms with Crippen molar-refractivity contribution in [3.05, 3.63) is 0 Å². The van der Waals surface area contributed by atoms with Crippen LogP contribution in [0.3, 0.4) is 0 Å². The summed E-state index contributed by atoms with van der Waals surface area (Å²) in [5.41, 5.74) is 0.407. The van der Waals surface area contributed by atoms with Gasteiger partial charge in [-0.25, -0.2) is 0 Å². The second-order valence-corrected chi connectivity index (χ2v) is 5.26. The van der Waals surface area contributed by atoms with E-state index >= 15 is 0 Å². The summed E-state index contributed by atoms with van der Waals surface area (Å²) >= 11 is 0. The van der Waals surface area contributed by atoms with Gasteiger partial charge in [0.2, 0.25) is 0 Å². The highest BCUT2D eigenvalue weighted by Crippen LogP contribution is 2.46. The first-order valence-electron chi connectivity index (χ1n) is 5.98. The molecular formula is C12H23NO. The van der Waals surface area contributed by atoms with Crippen molar-refractivity contribution in [1.29, 1.82) is 0 Å². The fourth-order valence-corrected chi connectivity index (χ4v) is 3.23. The lowest BCUT2D eigenvalue weighted by molar-refractivity contribution is -0.0138. The Kier molecular flexibility index (Phi) is 2.85. The van der Waals surface area contributed by atoms with Crippen LogP contribution in [-0.2, 0) is 4.74 Å². The van der Waals surface area contributed by atoms with E-state index in [2.05, 4.69) is 25.8 Å². The van der Waals surface area contributed by atoms with Gasteiger partial charge in [-0.2, -0.15) is 0 Å². The van der Waals surface area contributed by atoms with Gasteiger partial charge in [-0.15, -0.1) is 0 Å². The van der Waals surface area contributed by atoms with E-state index in [9.17, 15) is 0 Å². The number of rotatable bonds is 3. The molecule has 1 heterocycles. The minimum atomic E-state index is 0.375. The number of likely N-dealkylation sites (N-methyl/N-ethyl adjacent to an activating group) is 1. The van der Waals surface area contributed by atoms with E-state index in [-0.39, 0.29) is 0 Å². The fourth-order valence-electron chi connectivity index (χ4n) is 3.23. The summed E-state index contributed by atoms with van der Waals surface area (Å²) in [5, 5.41) is 0. The first kappa shape index (κ1) is 10.4. The smallest absolute Gasteiger partial charge is 0.0656 e. The maximum Gasteiger partial charge on any atom is 0.0656 e. The zero-order chi connectivity index (χ0) is 10.2. The number of fused-ring (bicyclic) bond motifs is 1. The molecule has 82 valence electrons. The van der Waals surface area contributed by atoms with E-state index in [1.54, 1.807) is 0 Å². The third kappa shape index (κ3) is 1.59. The highest BCUT2D eigenvalue weighted by molar-refractivity contribution is 5.04. The molecule has 2 unspecified atom stereocenters. The van der Waals surface area contributed by atoms with Crippen LogP contribution < -0.4 is 0 Å². The summed E-state index contributed by atoms with van der Waals surface area (Å²) in [4.78, 5) is 2.55. The van der Waals surface area contributed by atoms with E-state index in [4.69, 9.17) is 4.74 Å². The van der Waals surface area contributed by atoms with Crippen molar-refractivity contribution in [2.45, 2.75) is 51.2 Å². The van der Waals surface area contributed by atoms with Gasteiger partial charge >= 0.3 is 0 Å². The first-order chi connectivity index (χ1) is 6.65. The van der Waals surface area contributed by atoms with Gasteiger partial charge in [-0.05, 0) is 52.6 Å². The molecule has 1 aliphatic heterocycles. The van der Waals surface area contributed by atoms with Crippen LogP contribution in [0.25, 0.3) is 0 Å². The third-order valence-electron chi connectivity index (χ3n) is 4.16. The fraction of sp³-hybridized carbons (Fsp3) is 1.00. The lowest BCUT2D eigenvalue weighted by Crippen LogP contribution is -2.47. The van der Waals surface area contributed by atoms with Gasteiger partial charge in [0.25, 0.3) is 0 Å². The quantitative estimate of drug-likeness (QED) is 0.688. The van der Waals surface area contributed by atoms with Gasteiger partial charge in [0, 0.05) is 5.54 Å². The molecule has 2 atom stereocenters. The molecule has 0 aromatic rings. The number of likely N-dealkylation sites (tertiary alicyclic amines) is 1. The molecule has 0 N–H and O–H groups in total. The molecule has 2 aliphatic rings. The van der Waals surface area contributed by atoms with E-state index in [0.29, 0.717) is 11.6 Å². The van der Waals surface area contributed by atoms with Gasteiger partial charge < -0.3 is 4.74 Å². The van der Waals surface area contributed by atoms with Crippen LogP contribution >= 0.6 is 0 Å². The highest BCUT2D eigenvalue weighted by Gasteiger charge is 2.49. The molecule has 2 nitrogen and oxygen atoms in total. The average molecular weight is 197 g/mol. The molecule has 1 aliphatic carbocycles. The van der Waals surface area contributed by atoms with Crippen molar-refractivity contribution in [3.63, 3.8) is 0 Å². The van der Waals surface area contributed by atoms with Crippen molar-refractivity contribution in [3.8, 4) is 0 Å². The molecule has 0 aromatic heterocycles. The standard InChI is InChI=1S/C12H23NO/c1-10(2)14-9-12-7-4-5-11(12)6-8-13(12)3/h10-11H,4-9H2,1-3H3. The minimum absolute atomic E-state index is 0.375. The van der Waals surface area contributed by atoms with Gasteiger partial charge in [-0.1, -0.05) is 6.42 Å². The zero-order valence-electron chi connectivity index (χ0n) is 9.75. The van der Waals surface area contributed by atoms with Gasteiger partial charge in [-0.3, -0.25) is 4.90 Å². The Morgan fingerprint density at radius 2 is 2.21 bits per heavy atom. The largest absolute Gasteiger partial charge is 0.377 e. The number of ether oxygens (including phenoxy) is 1. The third-order valence-corrected chi connectivity index (χ3v) is 4.16. The molecular weight excluding hydrogens is 174 g/mol. The summed E-state index contributed by atoms with van der Waals surface area (Å²) in [6, 6.07) is 0. The highest BCUT2D eigenvalue weighted by atomic mass is 16.5. The van der Waals surface area contributed by atoms with Gasteiger partial charge in [0.1, 0.15) is 0 Å². The molecule has 0 bridgehead atoms. The molecule has 14 heavy (non-hydrogen) atoms. The second kappa shape index (κ2) is 3.82. The van der Waals surface area contributed by atoms with E-state index in [1.165, 1.54) is 32.2 Å². The Bertz CT molecular complexity index is 204. The summed E-state index contributed by atoms with van der Waals surface area (Å²) < 4.78 is 5.86. The predicted octanol–water partition coefficient (Wildman–Crippen LogP) is 2.29. The molecule has 0 aromatic carbocycles. The maximum absolute atomic E-state index is 5.86. The van der Waals surface area contributed by atoms with Crippen LogP contribution in [-0.4, -0.2) is 36.7 Å². The molecule has 2 fully saturated rings. The Labute approximate surface area is 87.6 Å². The average Bonchev–Trinajstić information content (AvgIpc) is 2.65. The van der Waals surface area contributed by atoms with E-state index < -0.39 is 0 Å². The summed E-state index contributed by atoms with van der Waals surface area (Å²) in [5.74, 6) is 0.909. The van der Waals surface area contributed by atoms with Crippen LogP contribution in [0.1, 0.15) is 39.5 Å². The topological polar surface area (TPSA) is 12.5 Å². The molecule has 0 amide bonds. The lowest BCUT2D eigenvalue weighted by Gasteiger charge is -2.36. The SMILES string of the molecule is CC(C)OCC12CCCC1CCN2C. The van der Waals surface area contributed by atoms with Crippen LogP contribution in [0.5, 0.6) is 0 Å². The summed E-state index contributed by atoms with van der Waals surface area (Å²) in [7, 11) is 2.27. The van der Waals surface area contributed by atoms with Crippen molar-refractivity contribution >= 4 is 0 Å². The molecule has 0 spiro atoms. The Morgan fingerprint density at radius 3 is 2.93 bits per heavy atom. The van der Waals surface area contributed by atoms with Crippen LogP contribution in [0.15, 0.2) is 0 Å². The normalized spacial score (nSPS) is 38.1. The molecule has 1 saturated heterocycles. The lowest BCUT2D eigenvalue weighted by atomic mass is 9.89. The van der Waals surface area contributed by atoms with Crippen LogP contribution in [0, 0.1) is 5.92 Å². The number of hydrogen-bond acceptors (Lipinski definition) is 2. The van der Waals surface area contributed by atoms with Gasteiger partial charge in [0.05, 0.1) is 12.7 Å².